The van der Waals surface area contributed by atoms with Gasteiger partial charge in [0.2, 0.25) is 0 Å². The highest BCUT2D eigenvalue weighted by atomic mass is 16.4. The van der Waals surface area contributed by atoms with Crippen LogP contribution in [0.4, 0.5) is 4.79 Å². The first kappa shape index (κ1) is 13.7. The van der Waals surface area contributed by atoms with Crippen LogP contribution in [0.2, 0.25) is 0 Å². The van der Waals surface area contributed by atoms with Crippen molar-refractivity contribution in [2.75, 3.05) is 26.7 Å². The van der Waals surface area contributed by atoms with Crippen LogP contribution in [0.1, 0.15) is 19.3 Å². The number of urea groups is 1. The Balaban J connectivity index is 3.42. The molecule has 88 valence electrons. The molecule has 0 radical (unpaired) electrons. The third-order valence-corrected chi connectivity index (χ3v) is 1.88. The van der Waals surface area contributed by atoms with Crippen molar-refractivity contribution in [3.63, 3.8) is 0 Å². The number of nitrogens with zero attached hydrogens (tertiary/aromatic N) is 1. The molecule has 0 aliphatic heterocycles. The van der Waals surface area contributed by atoms with Crippen LogP contribution >= 0.6 is 0 Å². The summed E-state index contributed by atoms with van der Waals surface area (Å²) in [5.74, 6) is -0.821. The Hall–Kier alpha value is -1.30. The molecule has 3 N–H and O–H groups in total. The summed E-state index contributed by atoms with van der Waals surface area (Å²) in [6.07, 6.45) is 1.33. The number of carbonyl (C=O) groups excluding carboxylic acids is 1. The Morgan fingerprint density at radius 2 is 2.00 bits per heavy atom. The van der Waals surface area contributed by atoms with Gasteiger partial charge in [-0.1, -0.05) is 0 Å². The van der Waals surface area contributed by atoms with Gasteiger partial charge in [-0.05, 0) is 12.8 Å². The minimum atomic E-state index is -0.821. The maximum atomic E-state index is 11.2. The van der Waals surface area contributed by atoms with E-state index < -0.39 is 5.97 Å². The first-order valence-electron chi connectivity index (χ1n) is 4.89. The van der Waals surface area contributed by atoms with E-state index in [0.29, 0.717) is 25.9 Å². The number of aliphatic hydroxyl groups excluding tert-OH is 1. The van der Waals surface area contributed by atoms with Crippen molar-refractivity contribution in [2.45, 2.75) is 19.3 Å². The van der Waals surface area contributed by atoms with Gasteiger partial charge in [0.15, 0.2) is 0 Å². The lowest BCUT2D eigenvalue weighted by atomic mass is 10.2. The van der Waals surface area contributed by atoms with Crippen LogP contribution in [0.3, 0.4) is 0 Å². The van der Waals surface area contributed by atoms with E-state index in [2.05, 4.69) is 5.32 Å². The van der Waals surface area contributed by atoms with E-state index in [1.807, 2.05) is 0 Å². The molecule has 0 bridgehead atoms. The smallest absolute Gasteiger partial charge is 0.317 e. The van der Waals surface area contributed by atoms with Crippen LogP contribution < -0.4 is 5.32 Å². The van der Waals surface area contributed by atoms with Crippen molar-refractivity contribution < 1.29 is 19.8 Å². The molecule has 0 spiro atoms. The molecule has 0 saturated carbocycles. The Morgan fingerprint density at radius 1 is 1.33 bits per heavy atom. The van der Waals surface area contributed by atoms with Gasteiger partial charge in [0, 0.05) is 26.6 Å². The van der Waals surface area contributed by atoms with Gasteiger partial charge in [0.05, 0.1) is 6.61 Å². The highest BCUT2D eigenvalue weighted by Gasteiger charge is 2.05. The molecule has 0 aliphatic rings. The molecule has 0 heterocycles. The van der Waals surface area contributed by atoms with Crippen molar-refractivity contribution >= 4 is 12.0 Å². The molecule has 0 rings (SSSR count). The summed E-state index contributed by atoms with van der Waals surface area (Å²) in [7, 11) is 1.59. The van der Waals surface area contributed by atoms with E-state index in [1.54, 1.807) is 7.05 Å². The van der Waals surface area contributed by atoms with E-state index in [1.165, 1.54) is 4.90 Å². The standard InChI is InChI=1S/C9H18N2O4/c1-11(6-7-12)9(15)10-5-3-2-4-8(13)14/h12H,2-7H2,1H3,(H,10,15)(H,13,14). The largest absolute Gasteiger partial charge is 0.481 e. The van der Waals surface area contributed by atoms with Crippen LogP contribution in [-0.4, -0.2) is 53.9 Å². The number of unbranched alkanes of at least 4 members (excludes halogenated alkanes) is 1. The minimum Gasteiger partial charge on any atom is -0.481 e. The predicted octanol–water partition coefficient (Wildman–Crippen LogP) is -0.125. The van der Waals surface area contributed by atoms with Gasteiger partial charge < -0.3 is 20.4 Å². The third kappa shape index (κ3) is 7.75. The highest BCUT2D eigenvalue weighted by Crippen LogP contribution is 1.93. The number of hydrogen-bond acceptors (Lipinski definition) is 3. The zero-order valence-electron chi connectivity index (χ0n) is 8.90. The van der Waals surface area contributed by atoms with E-state index in [9.17, 15) is 9.59 Å². The average Bonchev–Trinajstić information content (AvgIpc) is 2.16. The van der Waals surface area contributed by atoms with Gasteiger partial charge in [-0.15, -0.1) is 0 Å². The summed E-state index contributed by atoms with van der Waals surface area (Å²) in [6.45, 7) is 0.686. The molecule has 6 heteroatoms. The van der Waals surface area contributed by atoms with Gasteiger partial charge in [-0.3, -0.25) is 4.79 Å². The van der Waals surface area contributed by atoms with Crippen LogP contribution in [0.25, 0.3) is 0 Å². The Morgan fingerprint density at radius 3 is 2.53 bits per heavy atom. The van der Waals surface area contributed by atoms with Crippen molar-refractivity contribution in [2.24, 2.45) is 0 Å². The third-order valence-electron chi connectivity index (χ3n) is 1.88. The number of rotatable bonds is 7. The molecule has 6 nitrogen and oxygen atoms in total. The number of carboxylic acids is 1. The fourth-order valence-corrected chi connectivity index (χ4v) is 0.983. The molecule has 0 aromatic carbocycles. The first-order chi connectivity index (χ1) is 7.07. The normalized spacial score (nSPS) is 9.73. The lowest BCUT2D eigenvalue weighted by molar-refractivity contribution is -0.137. The Bertz CT molecular complexity index is 208. The summed E-state index contributed by atoms with van der Waals surface area (Å²) in [6, 6.07) is -0.251. The van der Waals surface area contributed by atoms with Crippen LogP contribution in [0.5, 0.6) is 0 Å². The number of likely N-dealkylation sites (N-methyl/N-ethyl adjacent to an activating group) is 1. The van der Waals surface area contributed by atoms with E-state index in [-0.39, 0.29) is 19.1 Å². The summed E-state index contributed by atoms with van der Waals surface area (Å²) in [5, 5.41) is 19.6. The fourth-order valence-electron chi connectivity index (χ4n) is 0.983. The monoisotopic (exact) mass is 218 g/mol. The van der Waals surface area contributed by atoms with Crippen molar-refractivity contribution in [1.29, 1.82) is 0 Å². The Kier molecular flexibility index (Phi) is 7.35. The molecule has 0 aromatic heterocycles. The predicted molar refractivity (Wildman–Crippen MR) is 54.6 cm³/mol. The molecular formula is C9H18N2O4. The molecule has 0 unspecified atom stereocenters. The molecule has 0 aromatic rings. The molecule has 0 aliphatic carbocycles. The Labute approximate surface area is 88.9 Å². The minimum absolute atomic E-state index is 0.0665. The lowest BCUT2D eigenvalue weighted by Gasteiger charge is -2.16. The number of hydrogen-bond donors (Lipinski definition) is 3. The van der Waals surface area contributed by atoms with E-state index in [4.69, 9.17) is 10.2 Å². The molecule has 2 amide bonds. The second-order valence-corrected chi connectivity index (χ2v) is 3.23. The summed E-state index contributed by atoms with van der Waals surface area (Å²) in [4.78, 5) is 22.8. The highest BCUT2D eigenvalue weighted by molar-refractivity contribution is 5.73. The SMILES string of the molecule is CN(CCO)C(=O)NCCCCC(=O)O. The van der Waals surface area contributed by atoms with Crippen molar-refractivity contribution in [1.82, 2.24) is 10.2 Å². The summed E-state index contributed by atoms with van der Waals surface area (Å²) < 4.78 is 0. The molecule has 15 heavy (non-hydrogen) atoms. The summed E-state index contributed by atoms with van der Waals surface area (Å²) >= 11 is 0. The average molecular weight is 218 g/mol. The number of aliphatic hydroxyl groups is 1. The van der Waals surface area contributed by atoms with Gasteiger partial charge >= 0.3 is 12.0 Å². The zero-order valence-corrected chi connectivity index (χ0v) is 8.90. The van der Waals surface area contributed by atoms with Crippen LogP contribution in [0, 0.1) is 0 Å². The fraction of sp³-hybridized carbons (Fsp3) is 0.778. The van der Waals surface area contributed by atoms with Gasteiger partial charge in [0.1, 0.15) is 0 Å². The quantitative estimate of drug-likeness (QED) is 0.519. The second kappa shape index (κ2) is 8.05. The molecule has 0 fully saturated rings. The van der Waals surface area contributed by atoms with E-state index in [0.717, 1.165) is 0 Å². The van der Waals surface area contributed by atoms with Gasteiger partial charge in [-0.2, -0.15) is 0 Å². The van der Waals surface area contributed by atoms with Gasteiger partial charge in [0.25, 0.3) is 0 Å². The number of carboxylic acid groups (broad SMARTS) is 1. The van der Waals surface area contributed by atoms with Crippen LogP contribution in [-0.2, 0) is 4.79 Å². The lowest BCUT2D eigenvalue weighted by Crippen LogP contribution is -2.39. The molecule has 0 atom stereocenters. The zero-order chi connectivity index (χ0) is 11.7. The number of carbonyl (C=O) groups is 2. The van der Waals surface area contributed by atoms with Crippen molar-refractivity contribution in [3.05, 3.63) is 0 Å². The molecular weight excluding hydrogens is 200 g/mol. The van der Waals surface area contributed by atoms with Crippen LogP contribution in [0.15, 0.2) is 0 Å². The maximum Gasteiger partial charge on any atom is 0.317 e. The van der Waals surface area contributed by atoms with Gasteiger partial charge in [-0.25, -0.2) is 4.79 Å². The number of amides is 2. The number of nitrogens with one attached hydrogen (secondary N) is 1. The van der Waals surface area contributed by atoms with Crippen molar-refractivity contribution in [3.8, 4) is 0 Å². The topological polar surface area (TPSA) is 89.9 Å². The maximum absolute atomic E-state index is 11.2. The first-order valence-corrected chi connectivity index (χ1v) is 4.89. The summed E-state index contributed by atoms with van der Waals surface area (Å²) in [5.41, 5.74) is 0. The van der Waals surface area contributed by atoms with E-state index >= 15 is 0 Å². The molecule has 0 saturated heterocycles. The second-order valence-electron chi connectivity index (χ2n) is 3.23. The number of aliphatic carboxylic acids is 1.